The number of carbonyl (C=O) groups is 2. The summed E-state index contributed by atoms with van der Waals surface area (Å²) < 4.78 is 11.5. The van der Waals surface area contributed by atoms with Crippen molar-refractivity contribution < 1.29 is 19.1 Å². The number of ether oxygens (including phenoxy) is 2. The highest BCUT2D eigenvalue weighted by Crippen LogP contribution is 2.29. The van der Waals surface area contributed by atoms with Crippen LogP contribution in [-0.2, 0) is 29.0 Å². The summed E-state index contributed by atoms with van der Waals surface area (Å²) in [5.41, 5.74) is 4.18. The molecule has 1 unspecified atom stereocenters. The molecule has 6 nitrogen and oxygen atoms in total. The maximum atomic E-state index is 14.1. The van der Waals surface area contributed by atoms with Crippen LogP contribution in [0.2, 0.25) is 0 Å². The Bertz CT molecular complexity index is 1290. The van der Waals surface area contributed by atoms with E-state index in [4.69, 9.17) is 9.47 Å². The largest absolute Gasteiger partial charge is 0.490 e. The van der Waals surface area contributed by atoms with Gasteiger partial charge in [-0.25, -0.2) is 0 Å². The van der Waals surface area contributed by atoms with Crippen LogP contribution in [0.25, 0.3) is 0 Å². The van der Waals surface area contributed by atoms with Crippen molar-refractivity contribution in [2.75, 3.05) is 13.2 Å². The number of hydrogen-bond acceptors (Lipinski definition) is 4. The SMILES string of the molecule is CCOc1ccc(CCC(=O)N(Cc2cccc(C)c2)C(Cc2ccccc2)C(=O)NC2CCCCC2)cc1OCC. The summed E-state index contributed by atoms with van der Waals surface area (Å²) >= 11 is 0. The number of aryl methyl sites for hydroxylation is 2. The Balaban J connectivity index is 1.60. The minimum Gasteiger partial charge on any atom is -0.490 e. The van der Waals surface area contributed by atoms with Gasteiger partial charge in [-0.3, -0.25) is 9.59 Å². The first-order chi connectivity index (χ1) is 20.5. The molecule has 0 saturated heterocycles. The molecule has 3 aromatic rings. The van der Waals surface area contributed by atoms with Gasteiger partial charge < -0.3 is 19.7 Å². The summed E-state index contributed by atoms with van der Waals surface area (Å²) in [4.78, 5) is 29.9. The molecule has 0 aromatic heterocycles. The van der Waals surface area contributed by atoms with E-state index in [2.05, 4.69) is 24.4 Å². The highest BCUT2D eigenvalue weighted by molar-refractivity contribution is 5.88. The minimum absolute atomic E-state index is 0.0388. The lowest BCUT2D eigenvalue weighted by Gasteiger charge is -2.33. The molecule has 3 aromatic carbocycles. The first-order valence-corrected chi connectivity index (χ1v) is 15.5. The molecule has 0 bridgehead atoms. The summed E-state index contributed by atoms with van der Waals surface area (Å²) in [6, 6.07) is 23.6. The van der Waals surface area contributed by atoms with Gasteiger partial charge in [-0.1, -0.05) is 85.5 Å². The average Bonchev–Trinajstić information content (AvgIpc) is 3.00. The van der Waals surface area contributed by atoms with Gasteiger partial charge in [-0.15, -0.1) is 0 Å². The van der Waals surface area contributed by atoms with E-state index in [9.17, 15) is 9.59 Å². The summed E-state index contributed by atoms with van der Waals surface area (Å²) in [6.45, 7) is 7.40. The van der Waals surface area contributed by atoms with Gasteiger partial charge in [0.2, 0.25) is 11.8 Å². The molecule has 1 fully saturated rings. The van der Waals surface area contributed by atoms with Gasteiger partial charge in [0.15, 0.2) is 11.5 Å². The Morgan fingerprint density at radius 3 is 2.26 bits per heavy atom. The number of hydrogen-bond donors (Lipinski definition) is 1. The third-order valence-corrected chi connectivity index (χ3v) is 7.89. The highest BCUT2D eigenvalue weighted by Gasteiger charge is 2.31. The summed E-state index contributed by atoms with van der Waals surface area (Å²) in [6.07, 6.45) is 6.76. The van der Waals surface area contributed by atoms with Crippen molar-refractivity contribution in [2.24, 2.45) is 0 Å². The van der Waals surface area contributed by atoms with Gasteiger partial charge >= 0.3 is 0 Å². The van der Waals surface area contributed by atoms with Crippen LogP contribution < -0.4 is 14.8 Å². The molecular formula is C36H46N2O4. The molecule has 42 heavy (non-hydrogen) atoms. The van der Waals surface area contributed by atoms with Crippen molar-refractivity contribution in [3.05, 3.63) is 95.1 Å². The maximum Gasteiger partial charge on any atom is 0.243 e. The van der Waals surface area contributed by atoms with Crippen LogP contribution >= 0.6 is 0 Å². The summed E-state index contributed by atoms with van der Waals surface area (Å²) in [5, 5.41) is 3.32. The van der Waals surface area contributed by atoms with Crippen LogP contribution in [-0.4, -0.2) is 42.0 Å². The van der Waals surface area contributed by atoms with E-state index >= 15 is 0 Å². The second-order valence-corrected chi connectivity index (χ2v) is 11.2. The molecular weight excluding hydrogens is 524 g/mol. The number of nitrogens with one attached hydrogen (secondary N) is 1. The standard InChI is InChI=1S/C36H46N2O4/c1-4-41-33-21-19-29(25-34(33)42-5-2)20-22-35(39)38(26-30-16-12-13-27(3)23-30)32(24-28-14-8-6-9-15-28)36(40)37-31-17-10-7-11-18-31/h6,8-9,12-16,19,21,23,25,31-32H,4-5,7,10-11,17-18,20,22,24,26H2,1-3H3,(H,37,40). The zero-order valence-electron chi connectivity index (χ0n) is 25.4. The molecule has 4 rings (SSSR count). The number of nitrogens with zero attached hydrogens (tertiary/aromatic N) is 1. The first-order valence-electron chi connectivity index (χ1n) is 15.5. The zero-order valence-corrected chi connectivity index (χ0v) is 25.4. The molecule has 6 heteroatoms. The molecule has 1 saturated carbocycles. The number of benzene rings is 3. The van der Waals surface area contributed by atoms with Gasteiger partial charge in [-0.2, -0.15) is 0 Å². The second kappa shape index (κ2) is 16.0. The Labute approximate surface area is 251 Å². The van der Waals surface area contributed by atoms with Crippen molar-refractivity contribution in [1.82, 2.24) is 10.2 Å². The summed E-state index contributed by atoms with van der Waals surface area (Å²) in [5.74, 6) is 1.29. The molecule has 0 radical (unpaired) electrons. The van der Waals surface area contributed by atoms with E-state index in [0.717, 1.165) is 47.9 Å². The van der Waals surface area contributed by atoms with Crippen LogP contribution in [0, 0.1) is 6.92 Å². The van der Waals surface area contributed by atoms with Gasteiger partial charge in [0.1, 0.15) is 6.04 Å². The predicted octanol–water partition coefficient (Wildman–Crippen LogP) is 6.81. The normalized spacial score (nSPS) is 14.2. The van der Waals surface area contributed by atoms with Crippen LogP contribution in [0.1, 0.15) is 74.6 Å². The topological polar surface area (TPSA) is 67.9 Å². The van der Waals surface area contributed by atoms with E-state index in [1.807, 2.05) is 74.5 Å². The lowest BCUT2D eigenvalue weighted by molar-refractivity contribution is -0.141. The number of carbonyl (C=O) groups excluding carboxylic acids is 2. The van der Waals surface area contributed by atoms with E-state index in [0.29, 0.717) is 44.1 Å². The Hall–Kier alpha value is -3.80. The molecule has 224 valence electrons. The van der Waals surface area contributed by atoms with E-state index in [1.165, 1.54) is 6.42 Å². The van der Waals surface area contributed by atoms with Crippen LogP contribution in [0.4, 0.5) is 0 Å². The zero-order chi connectivity index (χ0) is 29.7. The second-order valence-electron chi connectivity index (χ2n) is 11.2. The lowest BCUT2D eigenvalue weighted by Crippen LogP contribution is -2.52. The smallest absolute Gasteiger partial charge is 0.243 e. The quantitative estimate of drug-likeness (QED) is 0.231. The molecule has 1 aliphatic carbocycles. The van der Waals surface area contributed by atoms with Crippen molar-refractivity contribution >= 4 is 11.8 Å². The third kappa shape index (κ3) is 9.10. The van der Waals surface area contributed by atoms with Gasteiger partial charge in [0, 0.05) is 25.4 Å². The van der Waals surface area contributed by atoms with E-state index in [-0.39, 0.29) is 24.3 Å². The van der Waals surface area contributed by atoms with E-state index < -0.39 is 6.04 Å². The van der Waals surface area contributed by atoms with Crippen molar-refractivity contribution in [3.63, 3.8) is 0 Å². The van der Waals surface area contributed by atoms with Crippen molar-refractivity contribution in [1.29, 1.82) is 0 Å². The Morgan fingerprint density at radius 2 is 1.55 bits per heavy atom. The van der Waals surface area contributed by atoms with Crippen molar-refractivity contribution in [3.8, 4) is 11.5 Å². The monoisotopic (exact) mass is 570 g/mol. The van der Waals surface area contributed by atoms with Crippen LogP contribution in [0.15, 0.2) is 72.8 Å². The first kappa shape index (κ1) is 31.1. The highest BCUT2D eigenvalue weighted by atomic mass is 16.5. The van der Waals surface area contributed by atoms with Gasteiger partial charge in [0.25, 0.3) is 0 Å². The fourth-order valence-corrected chi connectivity index (χ4v) is 5.75. The van der Waals surface area contributed by atoms with E-state index in [1.54, 1.807) is 4.90 Å². The predicted molar refractivity (Wildman–Crippen MR) is 168 cm³/mol. The number of amides is 2. The number of rotatable bonds is 14. The molecule has 0 spiro atoms. The molecule has 2 amide bonds. The molecule has 0 aliphatic heterocycles. The fraction of sp³-hybridized carbons (Fsp3) is 0.444. The van der Waals surface area contributed by atoms with Gasteiger partial charge in [0.05, 0.1) is 13.2 Å². The van der Waals surface area contributed by atoms with Crippen LogP contribution in [0.3, 0.4) is 0 Å². The van der Waals surface area contributed by atoms with Crippen molar-refractivity contribution in [2.45, 2.75) is 90.8 Å². The molecule has 0 heterocycles. The summed E-state index contributed by atoms with van der Waals surface area (Å²) in [7, 11) is 0. The van der Waals surface area contributed by atoms with Crippen LogP contribution in [0.5, 0.6) is 11.5 Å². The molecule has 1 atom stereocenters. The maximum absolute atomic E-state index is 14.1. The molecule has 1 aliphatic rings. The minimum atomic E-state index is -0.610. The Kier molecular flexibility index (Phi) is 11.9. The molecule has 1 N–H and O–H groups in total. The fourth-order valence-electron chi connectivity index (χ4n) is 5.75. The Morgan fingerprint density at radius 1 is 0.833 bits per heavy atom. The lowest BCUT2D eigenvalue weighted by atomic mass is 9.94. The third-order valence-electron chi connectivity index (χ3n) is 7.89. The van der Waals surface area contributed by atoms with Gasteiger partial charge in [-0.05, 0) is 68.9 Å². The average molecular weight is 571 g/mol.